The topological polar surface area (TPSA) is 95.5 Å². The maximum Gasteiger partial charge on any atom is 0.335 e. The van der Waals surface area contributed by atoms with Crippen molar-refractivity contribution in [2.24, 2.45) is 0 Å². The van der Waals surface area contributed by atoms with E-state index in [4.69, 9.17) is 5.11 Å². The Morgan fingerprint density at radius 2 is 2.05 bits per heavy atom. The highest BCUT2D eigenvalue weighted by Crippen LogP contribution is 2.16. The van der Waals surface area contributed by atoms with Crippen LogP contribution in [0.15, 0.2) is 18.2 Å². The van der Waals surface area contributed by atoms with Crippen molar-refractivity contribution in [3.05, 3.63) is 29.3 Å². The van der Waals surface area contributed by atoms with Gasteiger partial charge < -0.3 is 15.7 Å². The third-order valence-electron chi connectivity index (χ3n) is 2.84. The van der Waals surface area contributed by atoms with Gasteiger partial charge in [0.2, 0.25) is 0 Å². The van der Waals surface area contributed by atoms with Crippen LogP contribution in [0.25, 0.3) is 0 Å². The van der Waals surface area contributed by atoms with E-state index in [1.807, 2.05) is 0 Å². The van der Waals surface area contributed by atoms with E-state index in [9.17, 15) is 13.8 Å². The lowest BCUT2D eigenvalue weighted by Gasteiger charge is -2.12. The Balaban J connectivity index is 2.62. The highest BCUT2D eigenvalue weighted by molar-refractivity contribution is 7.84. The zero-order valence-electron chi connectivity index (χ0n) is 11.6. The molecule has 0 fully saturated rings. The first-order chi connectivity index (χ1) is 9.31. The van der Waals surface area contributed by atoms with E-state index in [0.29, 0.717) is 17.8 Å². The van der Waals surface area contributed by atoms with Crippen LogP contribution in [-0.2, 0) is 10.8 Å². The summed E-state index contributed by atoms with van der Waals surface area (Å²) in [6.07, 6.45) is 1.58. The molecule has 0 saturated heterocycles. The zero-order valence-corrected chi connectivity index (χ0v) is 12.4. The van der Waals surface area contributed by atoms with Crippen molar-refractivity contribution in [2.45, 2.75) is 19.1 Å². The summed E-state index contributed by atoms with van der Waals surface area (Å²) in [6.45, 7) is 3.80. The van der Waals surface area contributed by atoms with Gasteiger partial charge in [-0.3, -0.25) is 4.21 Å². The summed E-state index contributed by atoms with van der Waals surface area (Å²) in [5, 5.41) is 14.0. The van der Waals surface area contributed by atoms with Crippen LogP contribution in [0.3, 0.4) is 0 Å². The van der Waals surface area contributed by atoms with E-state index in [1.54, 1.807) is 26.2 Å². The average molecular weight is 298 g/mol. The van der Waals surface area contributed by atoms with Gasteiger partial charge in [0.15, 0.2) is 0 Å². The van der Waals surface area contributed by atoms with E-state index >= 15 is 0 Å². The number of carbonyl (C=O) groups excluding carboxylic acids is 1. The molecule has 2 amide bonds. The van der Waals surface area contributed by atoms with E-state index in [1.165, 1.54) is 12.1 Å². The molecule has 6 nitrogen and oxygen atoms in total. The minimum absolute atomic E-state index is 0.128. The second kappa shape index (κ2) is 7.04. The molecule has 0 aliphatic rings. The molecular weight excluding hydrogens is 280 g/mol. The molecule has 20 heavy (non-hydrogen) atoms. The number of hydrogen-bond acceptors (Lipinski definition) is 3. The lowest BCUT2D eigenvalue weighted by molar-refractivity contribution is 0.0697. The van der Waals surface area contributed by atoms with Crippen LogP contribution in [0.1, 0.15) is 22.8 Å². The molecule has 0 aliphatic carbocycles. The number of benzene rings is 1. The van der Waals surface area contributed by atoms with E-state index in [-0.39, 0.29) is 10.8 Å². The van der Waals surface area contributed by atoms with E-state index in [0.717, 1.165) is 0 Å². The number of aryl methyl sites for hydroxylation is 1. The monoisotopic (exact) mass is 298 g/mol. The number of carbonyl (C=O) groups is 2. The van der Waals surface area contributed by atoms with Crippen LogP contribution in [0.2, 0.25) is 0 Å². The number of hydrogen-bond donors (Lipinski definition) is 3. The van der Waals surface area contributed by atoms with Gasteiger partial charge in [0.1, 0.15) is 0 Å². The number of nitrogens with one attached hydrogen (secondary N) is 2. The highest BCUT2D eigenvalue weighted by atomic mass is 32.2. The summed E-state index contributed by atoms with van der Waals surface area (Å²) >= 11 is 0. The van der Waals surface area contributed by atoms with E-state index in [2.05, 4.69) is 10.6 Å². The summed E-state index contributed by atoms with van der Waals surface area (Å²) in [5.41, 5.74) is 1.37. The molecule has 1 aromatic rings. The normalized spacial score (nSPS) is 13.3. The van der Waals surface area contributed by atoms with Crippen LogP contribution >= 0.6 is 0 Å². The van der Waals surface area contributed by atoms with Crippen molar-refractivity contribution in [1.82, 2.24) is 5.32 Å². The molecule has 0 bridgehead atoms. The zero-order chi connectivity index (χ0) is 15.3. The summed E-state index contributed by atoms with van der Waals surface area (Å²) in [6, 6.07) is 4.05. The minimum atomic E-state index is -1.01. The second-order valence-corrected chi connectivity index (χ2v) is 6.28. The second-order valence-electron chi connectivity index (χ2n) is 4.48. The van der Waals surface area contributed by atoms with Gasteiger partial charge in [-0.1, -0.05) is 0 Å². The van der Waals surface area contributed by atoms with Gasteiger partial charge in [-0.05, 0) is 37.6 Å². The highest BCUT2D eigenvalue weighted by Gasteiger charge is 2.10. The Morgan fingerprint density at radius 1 is 1.40 bits per heavy atom. The Morgan fingerprint density at radius 3 is 2.55 bits per heavy atom. The third kappa shape index (κ3) is 4.65. The van der Waals surface area contributed by atoms with Gasteiger partial charge >= 0.3 is 12.0 Å². The average Bonchev–Trinajstić information content (AvgIpc) is 2.37. The Labute approximate surface area is 120 Å². The van der Waals surface area contributed by atoms with Crippen LogP contribution in [0, 0.1) is 6.92 Å². The molecule has 2 unspecified atom stereocenters. The third-order valence-corrected chi connectivity index (χ3v) is 4.14. The number of aromatic carboxylic acids is 1. The summed E-state index contributed by atoms with van der Waals surface area (Å²) in [4.78, 5) is 22.5. The first-order valence-electron chi connectivity index (χ1n) is 6.02. The number of rotatable bonds is 5. The standard InChI is InChI=1S/C13H18N2O4S/c1-8-6-10(12(16)17)4-5-11(8)15-13(18)14-7-9(2)20(3)19/h4-6,9H,7H2,1-3H3,(H,16,17)(H2,14,15,18). The molecular formula is C13H18N2O4S. The molecule has 7 heteroatoms. The largest absolute Gasteiger partial charge is 0.478 e. The molecule has 3 N–H and O–H groups in total. The molecule has 1 aromatic carbocycles. The molecule has 2 atom stereocenters. The fourth-order valence-corrected chi connectivity index (χ4v) is 1.78. The Hall–Kier alpha value is -1.89. The number of anilines is 1. The SMILES string of the molecule is Cc1cc(C(=O)O)ccc1NC(=O)NCC(C)S(C)=O. The van der Waals surface area contributed by atoms with E-state index < -0.39 is 22.8 Å². The quantitative estimate of drug-likeness (QED) is 0.769. The summed E-state index contributed by atoms with van der Waals surface area (Å²) in [7, 11) is -0.994. The first kappa shape index (κ1) is 16.2. The molecule has 110 valence electrons. The molecule has 0 spiro atoms. The van der Waals surface area contributed by atoms with Crippen molar-refractivity contribution >= 4 is 28.5 Å². The van der Waals surface area contributed by atoms with Crippen molar-refractivity contribution in [1.29, 1.82) is 0 Å². The van der Waals surface area contributed by atoms with Gasteiger partial charge in [-0.15, -0.1) is 0 Å². The summed E-state index contributed by atoms with van der Waals surface area (Å²) in [5.74, 6) is -1.01. The van der Waals surface area contributed by atoms with Crippen molar-refractivity contribution < 1.29 is 18.9 Å². The Bertz CT molecular complexity index is 545. The van der Waals surface area contributed by atoms with Crippen LogP contribution < -0.4 is 10.6 Å². The van der Waals surface area contributed by atoms with Crippen LogP contribution in [0.5, 0.6) is 0 Å². The number of carboxylic acids is 1. The number of carboxylic acid groups (broad SMARTS) is 1. The molecule has 0 aliphatic heterocycles. The van der Waals surface area contributed by atoms with Gasteiger partial charge in [0, 0.05) is 34.5 Å². The Kier molecular flexibility index (Phi) is 5.69. The number of amides is 2. The molecule has 0 saturated carbocycles. The van der Waals surface area contributed by atoms with Gasteiger partial charge in [-0.25, -0.2) is 9.59 Å². The summed E-state index contributed by atoms with van der Waals surface area (Å²) < 4.78 is 11.2. The predicted molar refractivity (Wildman–Crippen MR) is 78.7 cm³/mol. The van der Waals surface area contributed by atoms with Crippen molar-refractivity contribution in [2.75, 3.05) is 18.1 Å². The number of urea groups is 1. The minimum Gasteiger partial charge on any atom is -0.478 e. The fraction of sp³-hybridized carbons (Fsp3) is 0.385. The first-order valence-corrected chi connectivity index (χ1v) is 7.64. The van der Waals surface area contributed by atoms with Crippen molar-refractivity contribution in [3.63, 3.8) is 0 Å². The maximum atomic E-state index is 11.7. The fourth-order valence-electron chi connectivity index (χ4n) is 1.46. The molecule has 0 aromatic heterocycles. The van der Waals surface area contributed by atoms with Gasteiger partial charge in [0.25, 0.3) is 0 Å². The van der Waals surface area contributed by atoms with Crippen molar-refractivity contribution in [3.8, 4) is 0 Å². The van der Waals surface area contributed by atoms with Gasteiger partial charge in [0.05, 0.1) is 5.56 Å². The lowest BCUT2D eigenvalue weighted by atomic mass is 10.1. The smallest absolute Gasteiger partial charge is 0.335 e. The molecule has 1 rings (SSSR count). The van der Waals surface area contributed by atoms with Crippen LogP contribution in [0.4, 0.5) is 10.5 Å². The molecule has 0 heterocycles. The lowest BCUT2D eigenvalue weighted by Crippen LogP contribution is -2.35. The molecule has 0 radical (unpaired) electrons. The maximum absolute atomic E-state index is 11.7. The van der Waals surface area contributed by atoms with Gasteiger partial charge in [-0.2, -0.15) is 0 Å². The predicted octanol–water partition coefficient (Wildman–Crippen LogP) is 1.58. The van der Waals surface area contributed by atoms with Crippen LogP contribution in [-0.4, -0.2) is 39.4 Å².